The van der Waals surface area contributed by atoms with E-state index in [0.29, 0.717) is 13.2 Å². The van der Waals surface area contributed by atoms with E-state index in [1.54, 1.807) is 6.33 Å². The fourth-order valence-corrected chi connectivity index (χ4v) is 2.61. The number of carbonyl (C=O) groups excluding carboxylic acids is 1. The molecule has 0 spiro atoms. The van der Waals surface area contributed by atoms with Crippen LogP contribution in [-0.2, 0) is 23.1 Å². The lowest BCUT2D eigenvalue weighted by Gasteiger charge is -2.33. The molecule has 0 aromatic carbocycles. The molecule has 1 aliphatic rings. The molecule has 1 aliphatic heterocycles. The molecule has 0 saturated carbocycles. The largest absolute Gasteiger partial charge is 0.466 e. The molecule has 1 saturated heterocycles. The van der Waals surface area contributed by atoms with Gasteiger partial charge in [-0.25, -0.2) is 4.99 Å². The third kappa shape index (κ3) is 5.60. The summed E-state index contributed by atoms with van der Waals surface area (Å²) in [4.78, 5) is 18.6. The van der Waals surface area contributed by atoms with Crippen LogP contribution in [0.5, 0.6) is 0 Å². The third-order valence-corrected chi connectivity index (χ3v) is 3.92. The second-order valence-corrected chi connectivity index (χ2v) is 5.54. The molecular weight excluding hydrogens is 423 g/mol. The molecule has 0 radical (unpaired) electrons. The van der Waals surface area contributed by atoms with Gasteiger partial charge in [0.05, 0.1) is 12.5 Å². The quantitative estimate of drug-likeness (QED) is 0.314. The van der Waals surface area contributed by atoms with Crippen molar-refractivity contribution in [1.82, 2.24) is 25.0 Å². The Bertz CT molecular complexity index is 540. The minimum absolute atomic E-state index is 0. The van der Waals surface area contributed by atoms with Gasteiger partial charge >= 0.3 is 5.97 Å². The van der Waals surface area contributed by atoms with Gasteiger partial charge in [0.15, 0.2) is 11.8 Å². The van der Waals surface area contributed by atoms with E-state index >= 15 is 0 Å². The lowest BCUT2D eigenvalue weighted by Crippen LogP contribution is -2.46. The number of nitrogens with zero attached hydrogens (tertiary/aromatic N) is 5. The molecule has 1 fully saturated rings. The van der Waals surface area contributed by atoms with E-state index in [1.165, 1.54) is 0 Å². The number of aromatic nitrogens is 3. The van der Waals surface area contributed by atoms with E-state index in [2.05, 4.69) is 25.4 Å². The summed E-state index contributed by atoms with van der Waals surface area (Å²) >= 11 is 0. The highest BCUT2D eigenvalue weighted by atomic mass is 127. The van der Waals surface area contributed by atoms with Gasteiger partial charge in [-0.2, -0.15) is 0 Å². The van der Waals surface area contributed by atoms with E-state index in [0.717, 1.165) is 44.3 Å². The average molecular weight is 450 g/mol. The van der Waals surface area contributed by atoms with Gasteiger partial charge in [0.1, 0.15) is 12.9 Å². The first-order valence-electron chi connectivity index (χ1n) is 8.18. The van der Waals surface area contributed by atoms with Crippen LogP contribution < -0.4 is 5.32 Å². The van der Waals surface area contributed by atoms with Crippen LogP contribution in [0.1, 0.15) is 32.5 Å². The standard InChI is InChI=1S/C15H26N6O2.HI/c1-4-16-15(17-10-13-19-18-11-20(13)3)21-8-6-12(7-9-21)14(22)23-5-2;/h11-12H,4-10H2,1-3H3,(H,16,17);1H. The SMILES string of the molecule is CCNC(=NCc1nncn1C)N1CCC(C(=O)OCC)CC1.I. The van der Waals surface area contributed by atoms with Gasteiger partial charge in [-0.3, -0.25) is 4.79 Å². The average Bonchev–Trinajstić information content (AvgIpc) is 2.97. The Kier molecular flexibility index (Phi) is 9.01. The Labute approximate surface area is 160 Å². The molecule has 1 aromatic rings. The topological polar surface area (TPSA) is 84.6 Å². The number of aliphatic imine (C=N–C) groups is 1. The van der Waals surface area contributed by atoms with Gasteiger partial charge in [-0.1, -0.05) is 0 Å². The molecule has 0 amide bonds. The third-order valence-electron chi connectivity index (χ3n) is 3.92. The maximum Gasteiger partial charge on any atom is 0.309 e. The van der Waals surface area contributed by atoms with Crippen molar-refractivity contribution in [3.05, 3.63) is 12.2 Å². The molecule has 9 heteroatoms. The molecule has 0 unspecified atom stereocenters. The van der Waals surface area contributed by atoms with E-state index < -0.39 is 0 Å². The fraction of sp³-hybridized carbons (Fsp3) is 0.733. The van der Waals surface area contributed by atoms with E-state index in [-0.39, 0.29) is 35.9 Å². The highest BCUT2D eigenvalue weighted by molar-refractivity contribution is 14.0. The number of nitrogens with one attached hydrogen (secondary N) is 1. The first-order chi connectivity index (χ1) is 11.2. The minimum atomic E-state index is -0.0758. The van der Waals surface area contributed by atoms with E-state index in [9.17, 15) is 4.79 Å². The highest BCUT2D eigenvalue weighted by Gasteiger charge is 2.27. The van der Waals surface area contributed by atoms with Crippen LogP contribution >= 0.6 is 24.0 Å². The summed E-state index contributed by atoms with van der Waals surface area (Å²) < 4.78 is 6.97. The summed E-state index contributed by atoms with van der Waals surface area (Å²) in [5.74, 6) is 1.61. The predicted molar refractivity (Wildman–Crippen MR) is 102 cm³/mol. The molecule has 136 valence electrons. The number of piperidine rings is 1. The molecule has 24 heavy (non-hydrogen) atoms. The first kappa shape index (κ1) is 20.7. The maximum absolute atomic E-state index is 11.8. The molecule has 2 rings (SSSR count). The Morgan fingerprint density at radius 2 is 2.12 bits per heavy atom. The molecule has 8 nitrogen and oxygen atoms in total. The zero-order valence-electron chi connectivity index (χ0n) is 14.6. The van der Waals surface area contributed by atoms with Crippen molar-refractivity contribution in [1.29, 1.82) is 0 Å². The second kappa shape index (κ2) is 10.5. The number of halogens is 1. The zero-order chi connectivity index (χ0) is 16.7. The Hall–Kier alpha value is -1.39. The van der Waals surface area contributed by atoms with Crippen LogP contribution in [0.2, 0.25) is 0 Å². The maximum atomic E-state index is 11.8. The molecule has 1 N–H and O–H groups in total. The lowest BCUT2D eigenvalue weighted by molar-refractivity contribution is -0.149. The number of esters is 1. The molecule has 0 atom stereocenters. The van der Waals surface area contributed by atoms with Crippen molar-refractivity contribution in [3.63, 3.8) is 0 Å². The molecule has 2 heterocycles. The summed E-state index contributed by atoms with van der Waals surface area (Å²) in [6.07, 6.45) is 3.27. The molecule has 0 bridgehead atoms. The smallest absolute Gasteiger partial charge is 0.309 e. The van der Waals surface area contributed by atoms with Gasteiger partial charge < -0.3 is 19.5 Å². The number of rotatable bonds is 5. The van der Waals surface area contributed by atoms with Crippen molar-refractivity contribution >= 4 is 35.9 Å². The van der Waals surface area contributed by atoms with Gasteiger partial charge in [0.25, 0.3) is 0 Å². The Morgan fingerprint density at radius 1 is 1.42 bits per heavy atom. The molecule has 0 aliphatic carbocycles. The van der Waals surface area contributed by atoms with Crippen molar-refractivity contribution in [3.8, 4) is 0 Å². The normalized spacial score (nSPS) is 15.8. The summed E-state index contributed by atoms with van der Waals surface area (Å²) in [5.41, 5.74) is 0. The Balaban J connectivity index is 0.00000288. The van der Waals surface area contributed by atoms with E-state index in [4.69, 9.17) is 4.74 Å². The lowest BCUT2D eigenvalue weighted by atomic mass is 9.97. The second-order valence-electron chi connectivity index (χ2n) is 5.54. The number of hydrogen-bond acceptors (Lipinski definition) is 5. The van der Waals surface area contributed by atoms with Crippen molar-refractivity contribution in [2.24, 2.45) is 18.0 Å². The first-order valence-corrected chi connectivity index (χ1v) is 8.18. The van der Waals surface area contributed by atoms with Crippen LogP contribution in [0.3, 0.4) is 0 Å². The van der Waals surface area contributed by atoms with Crippen LogP contribution in [-0.4, -0.2) is 57.8 Å². The van der Waals surface area contributed by atoms with Crippen molar-refractivity contribution in [2.75, 3.05) is 26.2 Å². The summed E-state index contributed by atoms with van der Waals surface area (Å²) in [6, 6.07) is 0. The number of likely N-dealkylation sites (tertiary alicyclic amines) is 1. The number of guanidine groups is 1. The molecule has 1 aromatic heterocycles. The van der Waals surface area contributed by atoms with Crippen LogP contribution in [0.4, 0.5) is 0 Å². The van der Waals surface area contributed by atoms with Gasteiger partial charge in [-0.05, 0) is 26.7 Å². The number of hydrogen-bond donors (Lipinski definition) is 1. The van der Waals surface area contributed by atoms with Crippen molar-refractivity contribution in [2.45, 2.75) is 33.2 Å². The Morgan fingerprint density at radius 3 is 2.67 bits per heavy atom. The zero-order valence-corrected chi connectivity index (χ0v) is 16.9. The number of carbonyl (C=O) groups is 1. The van der Waals surface area contributed by atoms with Gasteiger partial charge in [0.2, 0.25) is 0 Å². The van der Waals surface area contributed by atoms with Crippen molar-refractivity contribution < 1.29 is 9.53 Å². The summed E-state index contributed by atoms with van der Waals surface area (Å²) in [7, 11) is 1.91. The summed E-state index contributed by atoms with van der Waals surface area (Å²) in [5, 5.41) is 11.2. The summed E-state index contributed by atoms with van der Waals surface area (Å²) in [6.45, 7) is 7.22. The fourth-order valence-electron chi connectivity index (χ4n) is 2.61. The van der Waals surface area contributed by atoms with Gasteiger partial charge in [0, 0.05) is 26.7 Å². The van der Waals surface area contributed by atoms with Crippen LogP contribution in [0.15, 0.2) is 11.3 Å². The highest BCUT2D eigenvalue weighted by Crippen LogP contribution is 2.18. The van der Waals surface area contributed by atoms with Crippen LogP contribution in [0.25, 0.3) is 0 Å². The molecular formula is C15H27IN6O2. The monoisotopic (exact) mass is 450 g/mol. The predicted octanol–water partition coefficient (Wildman–Crippen LogP) is 1.17. The minimum Gasteiger partial charge on any atom is -0.466 e. The van der Waals surface area contributed by atoms with Gasteiger partial charge in [-0.15, -0.1) is 34.2 Å². The van der Waals surface area contributed by atoms with E-state index in [1.807, 2.05) is 25.5 Å². The number of aryl methyl sites for hydroxylation is 1. The van der Waals surface area contributed by atoms with Crippen LogP contribution in [0, 0.1) is 5.92 Å². The number of ether oxygens (including phenoxy) is 1.